The Kier molecular flexibility index (Phi) is 22.7. The van der Waals surface area contributed by atoms with Crippen molar-refractivity contribution in [3.8, 4) is 0 Å². The summed E-state index contributed by atoms with van der Waals surface area (Å²) in [4.78, 5) is 34.3. The van der Waals surface area contributed by atoms with Gasteiger partial charge >= 0.3 is 11.9 Å². The van der Waals surface area contributed by atoms with Gasteiger partial charge in [-0.2, -0.15) is 0 Å². The van der Waals surface area contributed by atoms with E-state index in [1.165, 1.54) is 77.0 Å². The molecule has 0 saturated heterocycles. The van der Waals surface area contributed by atoms with Gasteiger partial charge in [-0.15, -0.1) is 0 Å². The molecule has 234 valence electrons. The van der Waals surface area contributed by atoms with Crippen LogP contribution >= 0.6 is 0 Å². The fraction of sp³-hybridized carbons (Fsp3) is 0.848. The van der Waals surface area contributed by atoms with E-state index in [9.17, 15) is 29.7 Å². The van der Waals surface area contributed by atoms with E-state index in [1.54, 1.807) is 20.8 Å². The molecule has 0 aliphatic rings. The minimum Gasteiger partial charge on any atom is -0.550 e. The standard InChI is InChI=1S/C33H61NO6/c1-5-6-7-8-9-10-11-12-13-14-15-16-17-18-19-20-24-34(25-21-28(2)31(35)36,26-22-29(3)32(37)38)27-23-30(4)33(39)40/h19-20,28-30H,5-18,21-27H2,1-4H3,(H2-,35,36,37,38,39,40)/b20-19+. The summed E-state index contributed by atoms with van der Waals surface area (Å²) < 4.78 is 0.502. The molecule has 3 atom stereocenters. The molecule has 0 aliphatic heterocycles. The maximum atomic E-state index is 11.5. The number of hydrogen-bond donors (Lipinski definition) is 2. The van der Waals surface area contributed by atoms with E-state index in [4.69, 9.17) is 0 Å². The molecule has 0 heterocycles. The topological polar surface area (TPSA) is 115 Å². The van der Waals surface area contributed by atoms with E-state index >= 15 is 0 Å². The first kappa shape index (κ1) is 38.1. The quantitative estimate of drug-likeness (QED) is 0.0608. The third-order valence-electron chi connectivity index (χ3n) is 8.49. The molecule has 0 aromatic heterocycles. The second-order valence-electron chi connectivity index (χ2n) is 12.3. The number of carboxylic acids is 3. The Labute approximate surface area is 245 Å². The lowest BCUT2D eigenvalue weighted by molar-refractivity contribution is -0.924. The maximum Gasteiger partial charge on any atom is 0.306 e. The zero-order valence-corrected chi connectivity index (χ0v) is 26.2. The van der Waals surface area contributed by atoms with Gasteiger partial charge in [0.1, 0.15) is 0 Å². The lowest BCUT2D eigenvalue weighted by Crippen LogP contribution is -2.52. The van der Waals surface area contributed by atoms with Crippen molar-refractivity contribution in [3.05, 3.63) is 12.2 Å². The first-order valence-corrected chi connectivity index (χ1v) is 16.2. The third kappa shape index (κ3) is 20.1. The highest BCUT2D eigenvalue weighted by atomic mass is 16.4. The minimum absolute atomic E-state index is 0.415. The molecule has 0 rings (SSSR count). The molecule has 3 unspecified atom stereocenters. The Hall–Kier alpha value is -1.89. The van der Waals surface area contributed by atoms with Gasteiger partial charge in [-0.25, -0.2) is 0 Å². The molecule has 0 amide bonds. The predicted octanol–water partition coefficient (Wildman–Crippen LogP) is 6.84. The van der Waals surface area contributed by atoms with Crippen molar-refractivity contribution in [2.45, 2.75) is 137 Å². The Bertz CT molecular complexity index is 647. The number of nitrogens with zero attached hydrogens (tertiary/aromatic N) is 1. The first-order chi connectivity index (χ1) is 19.0. The summed E-state index contributed by atoms with van der Waals surface area (Å²) >= 11 is 0. The largest absolute Gasteiger partial charge is 0.550 e. The average Bonchev–Trinajstić information content (AvgIpc) is 2.92. The molecular weight excluding hydrogens is 506 g/mol. The summed E-state index contributed by atoms with van der Waals surface area (Å²) in [5.41, 5.74) is 0. The molecule has 0 aromatic carbocycles. The summed E-state index contributed by atoms with van der Waals surface area (Å²) in [5.74, 6) is -4.42. The highest BCUT2D eigenvalue weighted by Crippen LogP contribution is 2.20. The van der Waals surface area contributed by atoms with Gasteiger partial charge in [-0.1, -0.05) is 111 Å². The molecule has 40 heavy (non-hydrogen) atoms. The fourth-order valence-electron chi connectivity index (χ4n) is 5.07. The van der Waals surface area contributed by atoms with E-state index in [-0.39, 0.29) is 0 Å². The SMILES string of the molecule is CCCCCCCCCCCCCCC/C=C/C[N+](CCC(C)C(=O)[O-])(CCC(C)C(=O)O)CCC(C)C(=O)O. The van der Waals surface area contributed by atoms with Gasteiger partial charge in [0, 0.05) is 31.1 Å². The highest BCUT2D eigenvalue weighted by Gasteiger charge is 2.30. The van der Waals surface area contributed by atoms with E-state index in [1.807, 2.05) is 0 Å². The Morgan fingerprint density at radius 2 is 1.00 bits per heavy atom. The van der Waals surface area contributed by atoms with Crippen LogP contribution < -0.4 is 5.11 Å². The molecule has 0 aliphatic carbocycles. The molecule has 7 heteroatoms. The third-order valence-corrected chi connectivity index (χ3v) is 8.49. The lowest BCUT2D eigenvalue weighted by Gasteiger charge is -2.40. The van der Waals surface area contributed by atoms with Crippen LogP contribution in [0.15, 0.2) is 12.2 Å². The van der Waals surface area contributed by atoms with Crippen molar-refractivity contribution < 1.29 is 34.2 Å². The Balaban J connectivity index is 4.73. The van der Waals surface area contributed by atoms with E-state index in [0.29, 0.717) is 49.9 Å². The molecule has 7 nitrogen and oxygen atoms in total. The normalized spacial score (nSPS) is 15.5. The van der Waals surface area contributed by atoms with Gasteiger partial charge in [0.25, 0.3) is 0 Å². The average molecular weight is 568 g/mol. The van der Waals surface area contributed by atoms with E-state index in [0.717, 1.165) is 12.8 Å². The Morgan fingerprint density at radius 3 is 1.38 bits per heavy atom. The molecular formula is C33H61NO6. The number of rotatable bonds is 28. The van der Waals surface area contributed by atoms with Crippen LogP contribution in [0.1, 0.15) is 137 Å². The van der Waals surface area contributed by atoms with Crippen molar-refractivity contribution in [1.29, 1.82) is 0 Å². The molecule has 0 spiro atoms. The van der Waals surface area contributed by atoms with Gasteiger partial charge in [0.05, 0.1) is 38.0 Å². The van der Waals surface area contributed by atoms with Crippen molar-refractivity contribution >= 4 is 17.9 Å². The number of aliphatic carboxylic acids is 3. The Morgan fingerprint density at radius 1 is 0.625 bits per heavy atom. The van der Waals surface area contributed by atoms with E-state index in [2.05, 4.69) is 19.1 Å². The van der Waals surface area contributed by atoms with E-state index < -0.39 is 35.7 Å². The first-order valence-electron chi connectivity index (χ1n) is 16.2. The number of carbonyl (C=O) groups is 3. The monoisotopic (exact) mass is 567 g/mol. The summed E-state index contributed by atoms with van der Waals surface area (Å²) in [6.07, 6.45) is 23.9. The summed E-state index contributed by atoms with van der Waals surface area (Å²) in [6, 6.07) is 0. The van der Waals surface area contributed by atoms with Crippen molar-refractivity contribution in [2.24, 2.45) is 17.8 Å². The molecule has 2 N–H and O–H groups in total. The highest BCUT2D eigenvalue weighted by molar-refractivity contribution is 5.69. The van der Waals surface area contributed by atoms with Gasteiger partial charge in [-0.05, 0) is 18.9 Å². The van der Waals surface area contributed by atoms with Crippen molar-refractivity contribution in [1.82, 2.24) is 0 Å². The zero-order valence-electron chi connectivity index (χ0n) is 26.2. The van der Waals surface area contributed by atoms with Gasteiger partial charge in [-0.3, -0.25) is 9.59 Å². The number of quaternary nitrogens is 1. The number of unbranched alkanes of at least 4 members (excludes halogenated alkanes) is 13. The van der Waals surface area contributed by atoms with Crippen LogP contribution in [-0.2, 0) is 14.4 Å². The number of carbonyl (C=O) groups excluding carboxylic acids is 1. The van der Waals surface area contributed by atoms with Crippen LogP contribution in [0.2, 0.25) is 0 Å². The maximum absolute atomic E-state index is 11.5. The summed E-state index contributed by atoms with van der Waals surface area (Å²) in [6.45, 7) is 9.61. The molecule has 0 bridgehead atoms. The smallest absolute Gasteiger partial charge is 0.306 e. The lowest BCUT2D eigenvalue weighted by atomic mass is 10.0. The summed E-state index contributed by atoms with van der Waals surface area (Å²) in [7, 11) is 0. The molecule has 0 radical (unpaired) electrons. The van der Waals surface area contributed by atoms with Gasteiger partial charge in [0.2, 0.25) is 0 Å². The summed E-state index contributed by atoms with van der Waals surface area (Å²) in [5, 5.41) is 30.2. The van der Waals surface area contributed by atoms with Crippen molar-refractivity contribution in [2.75, 3.05) is 26.2 Å². The fourth-order valence-corrected chi connectivity index (χ4v) is 5.07. The minimum atomic E-state index is -1.09. The molecule has 0 aromatic rings. The zero-order chi connectivity index (χ0) is 30.2. The molecule has 0 fully saturated rings. The van der Waals surface area contributed by atoms with Crippen LogP contribution in [0.3, 0.4) is 0 Å². The number of carboxylic acid groups (broad SMARTS) is 3. The molecule has 0 saturated carbocycles. The second-order valence-corrected chi connectivity index (χ2v) is 12.3. The predicted molar refractivity (Wildman–Crippen MR) is 161 cm³/mol. The van der Waals surface area contributed by atoms with Crippen molar-refractivity contribution in [3.63, 3.8) is 0 Å². The second kappa shape index (κ2) is 23.8. The number of allylic oxidation sites excluding steroid dienone is 1. The van der Waals surface area contributed by atoms with Crippen LogP contribution in [-0.4, -0.2) is 58.8 Å². The van der Waals surface area contributed by atoms with Crippen LogP contribution in [0.5, 0.6) is 0 Å². The number of hydrogen-bond acceptors (Lipinski definition) is 4. The van der Waals surface area contributed by atoms with Crippen LogP contribution in [0.25, 0.3) is 0 Å². The van der Waals surface area contributed by atoms with Crippen LogP contribution in [0.4, 0.5) is 0 Å². The van der Waals surface area contributed by atoms with Gasteiger partial charge in [0.15, 0.2) is 0 Å². The van der Waals surface area contributed by atoms with Gasteiger partial charge < -0.3 is 24.6 Å². The van der Waals surface area contributed by atoms with Crippen LogP contribution in [0, 0.1) is 17.8 Å².